The number of halogens is 1. The van der Waals surface area contributed by atoms with Crippen LogP contribution in [0.1, 0.15) is 34.5 Å². The van der Waals surface area contributed by atoms with Gasteiger partial charge in [0.2, 0.25) is 11.8 Å². The molecule has 0 unspecified atom stereocenters. The molecule has 0 bridgehead atoms. The highest BCUT2D eigenvalue weighted by atomic mass is 79.9. The molecule has 0 aliphatic rings. The van der Waals surface area contributed by atoms with Crippen molar-refractivity contribution >= 4 is 56.7 Å². The summed E-state index contributed by atoms with van der Waals surface area (Å²) in [6.45, 7) is 3.82. The third-order valence-corrected chi connectivity index (χ3v) is 4.22. The molecule has 148 valence electrons. The normalized spacial score (nSPS) is 10.1. The smallest absolute Gasteiger partial charge is 0.293 e. The number of furan rings is 1. The zero-order valence-electron chi connectivity index (χ0n) is 15.2. The summed E-state index contributed by atoms with van der Waals surface area (Å²) in [7, 11) is 0. The van der Waals surface area contributed by atoms with Gasteiger partial charge in [0.15, 0.2) is 15.5 Å². The second kappa shape index (κ2) is 10.00. The van der Waals surface area contributed by atoms with Gasteiger partial charge in [0.25, 0.3) is 5.91 Å². The zero-order chi connectivity index (χ0) is 20.7. The van der Waals surface area contributed by atoms with Gasteiger partial charge < -0.3 is 9.73 Å². The van der Waals surface area contributed by atoms with E-state index in [1.165, 1.54) is 6.07 Å². The number of carbonyl (C=O) groups excluding carboxylic acids is 3. The lowest BCUT2D eigenvalue weighted by Crippen LogP contribution is -2.48. The molecule has 8 nitrogen and oxygen atoms in total. The molecule has 10 heteroatoms. The highest BCUT2D eigenvalue weighted by Gasteiger charge is 2.13. The molecule has 0 saturated heterocycles. The first kappa shape index (κ1) is 21.6. The molecule has 0 saturated carbocycles. The number of carbonyl (C=O) groups is 3. The van der Waals surface area contributed by atoms with E-state index in [-0.39, 0.29) is 29.6 Å². The largest absolute Gasteiger partial charge is 0.444 e. The average Bonchev–Trinajstić information content (AvgIpc) is 3.08. The second-order valence-electron chi connectivity index (χ2n) is 5.93. The average molecular weight is 467 g/mol. The second-order valence-corrected chi connectivity index (χ2v) is 7.12. The maximum absolute atomic E-state index is 12.0. The van der Waals surface area contributed by atoms with Crippen LogP contribution in [0.4, 0.5) is 5.69 Å². The van der Waals surface area contributed by atoms with Gasteiger partial charge in [-0.1, -0.05) is 12.1 Å². The number of hydrogen-bond donors (Lipinski definition) is 4. The maximum atomic E-state index is 12.0. The molecule has 0 aliphatic carbocycles. The number of nitrogens with one attached hydrogen (secondary N) is 4. The Labute approximate surface area is 175 Å². The third-order valence-electron chi connectivity index (χ3n) is 3.59. The summed E-state index contributed by atoms with van der Waals surface area (Å²) in [5.74, 6) is -1.23. The van der Waals surface area contributed by atoms with Crippen LogP contribution < -0.4 is 21.5 Å². The van der Waals surface area contributed by atoms with Crippen molar-refractivity contribution in [1.29, 1.82) is 0 Å². The Balaban J connectivity index is 1.70. The lowest BCUT2D eigenvalue weighted by molar-refractivity contribution is -0.124. The molecule has 1 aromatic heterocycles. The Morgan fingerprint density at radius 1 is 1.04 bits per heavy atom. The molecular formula is C18H19BrN4O4S. The highest BCUT2D eigenvalue weighted by Crippen LogP contribution is 2.16. The molecule has 0 spiro atoms. The topological polar surface area (TPSA) is 112 Å². The molecule has 4 N–H and O–H groups in total. The van der Waals surface area contributed by atoms with Gasteiger partial charge in [-0.25, -0.2) is 0 Å². The molecule has 3 amide bonds. The van der Waals surface area contributed by atoms with Crippen LogP contribution in [-0.2, 0) is 9.59 Å². The van der Waals surface area contributed by atoms with E-state index in [1.54, 1.807) is 6.07 Å². The molecule has 0 aliphatic heterocycles. The van der Waals surface area contributed by atoms with Crippen molar-refractivity contribution < 1.29 is 18.8 Å². The minimum atomic E-state index is -0.564. The summed E-state index contributed by atoms with van der Waals surface area (Å²) in [6.07, 6.45) is -0.0498. The first-order chi connectivity index (χ1) is 13.2. The Bertz CT molecular complexity index is 913. The van der Waals surface area contributed by atoms with Gasteiger partial charge in [0.1, 0.15) is 0 Å². The fraction of sp³-hybridized carbons (Fsp3) is 0.222. The van der Waals surface area contributed by atoms with E-state index in [4.69, 9.17) is 16.6 Å². The number of hydrogen-bond acceptors (Lipinski definition) is 5. The molecule has 0 atom stereocenters. The van der Waals surface area contributed by atoms with E-state index in [0.29, 0.717) is 4.67 Å². The molecule has 28 heavy (non-hydrogen) atoms. The number of anilines is 1. The maximum Gasteiger partial charge on any atom is 0.293 e. The quantitative estimate of drug-likeness (QED) is 0.398. The summed E-state index contributed by atoms with van der Waals surface area (Å²) in [6, 6.07) is 8.77. The van der Waals surface area contributed by atoms with Crippen molar-refractivity contribution in [3.63, 3.8) is 0 Å². The highest BCUT2D eigenvalue weighted by molar-refractivity contribution is 9.10. The van der Waals surface area contributed by atoms with Crippen LogP contribution in [0.25, 0.3) is 0 Å². The predicted octanol–water partition coefficient (Wildman–Crippen LogP) is 2.71. The SMILES string of the molecule is Cc1ccc(C)c(NC(=O)CCC(=O)NNC(=S)NC(=O)c2ccc(Br)o2)c1. The van der Waals surface area contributed by atoms with Crippen LogP contribution in [-0.4, -0.2) is 22.8 Å². The first-order valence-corrected chi connectivity index (χ1v) is 9.47. The number of rotatable bonds is 5. The minimum absolute atomic E-state index is 0.000435. The first-order valence-electron chi connectivity index (χ1n) is 8.27. The van der Waals surface area contributed by atoms with Gasteiger partial charge in [-0.05, 0) is 71.3 Å². The fourth-order valence-electron chi connectivity index (χ4n) is 2.13. The summed E-state index contributed by atoms with van der Waals surface area (Å²) in [5, 5.41) is 5.02. The van der Waals surface area contributed by atoms with Crippen LogP contribution >= 0.6 is 28.1 Å². The van der Waals surface area contributed by atoms with E-state index in [0.717, 1.165) is 16.8 Å². The lowest BCUT2D eigenvalue weighted by Gasteiger charge is -2.11. The van der Waals surface area contributed by atoms with Gasteiger partial charge in [-0.2, -0.15) is 0 Å². The Morgan fingerprint density at radius 2 is 1.75 bits per heavy atom. The molecule has 2 aromatic rings. The summed E-state index contributed by atoms with van der Waals surface area (Å²) < 4.78 is 5.49. The Kier molecular flexibility index (Phi) is 7.70. The van der Waals surface area contributed by atoms with Crippen molar-refractivity contribution in [3.8, 4) is 0 Å². The van der Waals surface area contributed by atoms with Crippen LogP contribution in [0.2, 0.25) is 0 Å². The van der Waals surface area contributed by atoms with Crippen LogP contribution in [0.3, 0.4) is 0 Å². The van der Waals surface area contributed by atoms with Crippen LogP contribution in [0, 0.1) is 13.8 Å². The van der Waals surface area contributed by atoms with Crippen molar-refractivity contribution in [2.75, 3.05) is 5.32 Å². The predicted molar refractivity (Wildman–Crippen MR) is 112 cm³/mol. The van der Waals surface area contributed by atoms with Crippen LogP contribution in [0.5, 0.6) is 0 Å². The molecular weight excluding hydrogens is 448 g/mol. The zero-order valence-corrected chi connectivity index (χ0v) is 17.6. The standard InChI is InChI=1S/C18H19BrN4O4S/c1-10-3-4-11(2)12(9-10)20-15(24)7-8-16(25)22-23-18(28)21-17(26)13-5-6-14(19)27-13/h3-6,9H,7-8H2,1-2H3,(H,20,24)(H,22,25)(H2,21,23,26,28). The van der Waals surface area contributed by atoms with E-state index in [1.807, 2.05) is 32.0 Å². The number of benzene rings is 1. The lowest BCUT2D eigenvalue weighted by atomic mass is 10.1. The monoisotopic (exact) mass is 466 g/mol. The van der Waals surface area contributed by atoms with Gasteiger partial charge in [-0.3, -0.25) is 30.6 Å². The molecule has 0 fully saturated rings. The molecule has 2 rings (SSSR count). The third kappa shape index (κ3) is 6.78. The fourth-order valence-corrected chi connectivity index (χ4v) is 2.58. The van der Waals surface area contributed by atoms with E-state index in [9.17, 15) is 14.4 Å². The minimum Gasteiger partial charge on any atom is -0.444 e. The number of aryl methyl sites for hydroxylation is 2. The van der Waals surface area contributed by atoms with Crippen molar-refractivity contribution in [3.05, 3.63) is 51.9 Å². The molecule has 1 heterocycles. The van der Waals surface area contributed by atoms with Gasteiger partial charge in [0.05, 0.1) is 0 Å². The van der Waals surface area contributed by atoms with Crippen molar-refractivity contribution in [2.45, 2.75) is 26.7 Å². The Morgan fingerprint density at radius 3 is 2.43 bits per heavy atom. The van der Waals surface area contributed by atoms with Gasteiger partial charge in [-0.15, -0.1) is 0 Å². The van der Waals surface area contributed by atoms with Gasteiger partial charge in [0, 0.05) is 18.5 Å². The summed E-state index contributed by atoms with van der Waals surface area (Å²) >= 11 is 8.00. The van der Waals surface area contributed by atoms with Crippen molar-refractivity contribution in [1.82, 2.24) is 16.2 Å². The summed E-state index contributed by atoms with van der Waals surface area (Å²) in [5.41, 5.74) is 7.40. The van der Waals surface area contributed by atoms with E-state index >= 15 is 0 Å². The molecule has 1 aromatic carbocycles. The number of thiocarbonyl (C=S) groups is 1. The van der Waals surface area contributed by atoms with Gasteiger partial charge >= 0.3 is 0 Å². The van der Waals surface area contributed by atoms with Crippen LogP contribution in [0.15, 0.2) is 39.4 Å². The number of amides is 3. The van der Waals surface area contributed by atoms with E-state index < -0.39 is 11.8 Å². The Hall–Kier alpha value is -2.72. The molecule has 0 radical (unpaired) electrons. The summed E-state index contributed by atoms with van der Waals surface area (Å²) in [4.78, 5) is 35.7. The van der Waals surface area contributed by atoms with E-state index in [2.05, 4.69) is 37.4 Å². The van der Waals surface area contributed by atoms with Crippen molar-refractivity contribution in [2.24, 2.45) is 0 Å². The number of hydrazine groups is 1.